The molecule has 7 nitrogen and oxygen atoms in total. The van der Waals surface area contributed by atoms with E-state index in [1.807, 2.05) is 0 Å². The monoisotopic (exact) mass is 1230 g/mol. The first kappa shape index (κ1) is 57.2. The van der Waals surface area contributed by atoms with Crippen LogP contribution in [-0.4, -0.2) is 24.2 Å². The first-order valence-corrected chi connectivity index (χ1v) is 33.6. The van der Waals surface area contributed by atoms with Gasteiger partial charge in [0.15, 0.2) is 0 Å². The highest BCUT2D eigenvalue weighted by molar-refractivity contribution is 6.21. The van der Waals surface area contributed by atoms with E-state index in [1.165, 1.54) is 33.0 Å². The maximum absolute atomic E-state index is 13.6. The molecule has 0 saturated heterocycles. The van der Waals surface area contributed by atoms with Crippen LogP contribution in [0.25, 0.3) is 155 Å². The summed E-state index contributed by atoms with van der Waals surface area (Å²) in [7, 11) is 0. The Kier molecular flexibility index (Phi) is 11.9. The molecule has 0 bridgehead atoms. The highest BCUT2D eigenvalue weighted by Crippen LogP contribution is 2.57. The fraction of sp³-hybridized carbons (Fsp3) is 0.205. The minimum atomic E-state index is -0.569. The second kappa shape index (κ2) is 19.8. The highest BCUT2D eigenvalue weighted by Gasteiger charge is 2.45. The van der Waals surface area contributed by atoms with E-state index < -0.39 is 5.41 Å². The zero-order chi connectivity index (χ0) is 65.0. The predicted octanol–water partition coefficient (Wildman–Crippen LogP) is 23.7. The van der Waals surface area contributed by atoms with Gasteiger partial charge in [-0.2, -0.15) is 0 Å². The number of para-hydroxylation sites is 5. The fourth-order valence-corrected chi connectivity index (χ4v) is 18.1. The zero-order valence-electron chi connectivity index (χ0n) is 55.8. The summed E-state index contributed by atoms with van der Waals surface area (Å²) in [5.41, 5.74) is 21.9. The molecule has 0 spiro atoms. The number of hydrogen-bond donors (Lipinski definition) is 1. The molecule has 0 radical (unpaired) electrons. The molecule has 95 heavy (non-hydrogen) atoms. The SMILES string of the molecule is CC(C)(C)c1c(O)c(-c2nc3c(-c4cc(-c5nc6ccccc6n5-c5ccccc5-c5ccccc5)cc5c4oc4c6ccc7c(c6ccc54)C(C)(C)CC7(C)C)cccc3n2-c2ccccc2-c2ccccc2)cc2c1oc1c3ccc4c(c3ccc21)C(C)(C)CC4(C)C. The van der Waals surface area contributed by atoms with Crippen molar-refractivity contribution in [3.8, 4) is 73.3 Å². The average Bonchev–Trinajstić information content (AvgIpc) is 1.56. The molecule has 12 aromatic carbocycles. The molecule has 7 heteroatoms. The predicted molar refractivity (Wildman–Crippen MR) is 394 cm³/mol. The second-order valence-corrected chi connectivity index (χ2v) is 30.8. The number of fused-ring (bicyclic) bond motifs is 16. The maximum atomic E-state index is 13.6. The van der Waals surface area contributed by atoms with Crippen LogP contribution < -0.4 is 0 Å². The van der Waals surface area contributed by atoms with Crippen molar-refractivity contribution in [2.24, 2.45) is 0 Å². The van der Waals surface area contributed by atoms with Crippen molar-refractivity contribution in [3.05, 3.63) is 246 Å². The van der Waals surface area contributed by atoms with Crippen LogP contribution in [0.15, 0.2) is 227 Å². The lowest BCUT2D eigenvalue weighted by Crippen LogP contribution is -2.18. The lowest BCUT2D eigenvalue weighted by Gasteiger charge is -2.23. The number of imidazole rings is 2. The molecule has 16 aromatic rings. The van der Waals surface area contributed by atoms with Gasteiger partial charge >= 0.3 is 0 Å². The van der Waals surface area contributed by atoms with Gasteiger partial charge in [-0.05, 0) is 145 Å². The zero-order valence-corrected chi connectivity index (χ0v) is 55.8. The van der Waals surface area contributed by atoms with E-state index in [1.54, 1.807) is 0 Å². The Morgan fingerprint density at radius 1 is 0.368 bits per heavy atom. The van der Waals surface area contributed by atoms with Crippen LogP contribution in [-0.2, 0) is 27.1 Å². The van der Waals surface area contributed by atoms with E-state index in [0.717, 1.165) is 146 Å². The summed E-state index contributed by atoms with van der Waals surface area (Å²) in [4.78, 5) is 11.6. The van der Waals surface area contributed by atoms with Crippen molar-refractivity contribution >= 4 is 87.5 Å². The summed E-state index contributed by atoms with van der Waals surface area (Å²) < 4.78 is 19.5. The van der Waals surface area contributed by atoms with Crippen molar-refractivity contribution in [1.82, 2.24) is 19.1 Å². The molecule has 4 heterocycles. The Morgan fingerprint density at radius 3 is 1.41 bits per heavy atom. The van der Waals surface area contributed by atoms with Gasteiger partial charge in [-0.15, -0.1) is 0 Å². The van der Waals surface area contributed by atoms with Crippen molar-refractivity contribution in [1.29, 1.82) is 0 Å². The van der Waals surface area contributed by atoms with Gasteiger partial charge in [0, 0.05) is 65.7 Å². The molecule has 0 saturated carbocycles. The van der Waals surface area contributed by atoms with Gasteiger partial charge < -0.3 is 13.9 Å². The normalized spacial score (nSPS) is 15.6. The number of furan rings is 2. The maximum Gasteiger partial charge on any atom is 0.149 e. The Balaban J connectivity index is 0.951. The molecule has 464 valence electrons. The molecular formula is C88H74N4O3. The van der Waals surface area contributed by atoms with Crippen LogP contribution >= 0.6 is 0 Å². The van der Waals surface area contributed by atoms with Gasteiger partial charge in [0.2, 0.25) is 0 Å². The number of hydrogen-bond acceptors (Lipinski definition) is 5. The van der Waals surface area contributed by atoms with Crippen LogP contribution in [0, 0.1) is 0 Å². The van der Waals surface area contributed by atoms with Gasteiger partial charge in [0.25, 0.3) is 0 Å². The topological polar surface area (TPSA) is 82.2 Å². The van der Waals surface area contributed by atoms with E-state index in [-0.39, 0.29) is 27.4 Å². The summed E-state index contributed by atoms with van der Waals surface area (Å²) in [6, 6.07) is 78.6. The summed E-state index contributed by atoms with van der Waals surface area (Å²) in [5, 5.41) is 22.1. The molecule has 0 amide bonds. The number of phenols is 1. The van der Waals surface area contributed by atoms with Crippen LogP contribution in [0.2, 0.25) is 0 Å². The van der Waals surface area contributed by atoms with E-state index in [0.29, 0.717) is 17.0 Å². The van der Waals surface area contributed by atoms with Gasteiger partial charge in [-0.3, -0.25) is 9.13 Å². The van der Waals surface area contributed by atoms with Crippen LogP contribution in [0.4, 0.5) is 0 Å². The molecule has 2 aliphatic carbocycles. The number of benzene rings is 12. The molecular weight excluding hydrogens is 1160 g/mol. The molecule has 18 rings (SSSR count). The lowest BCUT2D eigenvalue weighted by atomic mass is 9.81. The Bertz CT molecular complexity index is 5960. The molecule has 4 aromatic heterocycles. The molecule has 1 N–H and O–H groups in total. The standard InChI is InChI=1S/C88H74N4O3/c1-84(2,3)75-77(93)65(47-64-61-40-38-56-59(79(61)95-81(64)75)42-44-67-74(56)88(10,11)49-86(67,6)7)83-90-76-57(31-24-36-72(76)92(83)70-34-22-19-30-54(70)51-27-16-13-17-28-51)62-45-52(82-89-68-32-20-23-35-71(68)91(82)69-33-21-18-29-53(69)50-25-14-12-15-26-50)46-63-60-39-37-55-58(78(60)94-80(62)63)41-43-66-73(55)87(8,9)48-85(66,4)5/h12-47,93H,48-49H2,1-11H3. The van der Waals surface area contributed by atoms with Gasteiger partial charge in [0.05, 0.1) is 39.0 Å². The van der Waals surface area contributed by atoms with Gasteiger partial charge in [0.1, 0.15) is 39.7 Å². The molecule has 0 unspecified atom stereocenters. The molecule has 0 aliphatic heterocycles. The minimum Gasteiger partial charge on any atom is -0.507 e. The minimum absolute atomic E-state index is 0.0264. The van der Waals surface area contributed by atoms with E-state index in [4.69, 9.17) is 18.8 Å². The van der Waals surface area contributed by atoms with Crippen LogP contribution in [0.5, 0.6) is 5.75 Å². The highest BCUT2D eigenvalue weighted by atomic mass is 16.3. The fourth-order valence-electron chi connectivity index (χ4n) is 18.1. The average molecular weight is 1240 g/mol. The van der Waals surface area contributed by atoms with E-state index in [2.05, 4.69) is 304 Å². The van der Waals surface area contributed by atoms with Crippen molar-refractivity contribution in [2.45, 2.75) is 116 Å². The Morgan fingerprint density at radius 2 is 0.832 bits per heavy atom. The van der Waals surface area contributed by atoms with Gasteiger partial charge in [-0.25, -0.2) is 9.97 Å². The summed E-state index contributed by atoms with van der Waals surface area (Å²) in [5.74, 6) is 1.53. The first-order chi connectivity index (χ1) is 45.6. The van der Waals surface area contributed by atoms with E-state index in [9.17, 15) is 5.11 Å². The van der Waals surface area contributed by atoms with Crippen molar-refractivity contribution in [3.63, 3.8) is 0 Å². The van der Waals surface area contributed by atoms with Crippen molar-refractivity contribution in [2.75, 3.05) is 0 Å². The Hall–Kier alpha value is -10.5. The number of nitrogens with zero attached hydrogens (tertiary/aromatic N) is 4. The second-order valence-electron chi connectivity index (χ2n) is 30.8. The number of rotatable bonds is 7. The lowest BCUT2D eigenvalue weighted by molar-refractivity contribution is 0.403. The molecule has 2 aliphatic rings. The van der Waals surface area contributed by atoms with Crippen LogP contribution in [0.1, 0.15) is 117 Å². The largest absolute Gasteiger partial charge is 0.507 e. The third-order valence-electron chi connectivity index (χ3n) is 21.5. The number of aromatic hydroxyl groups is 1. The van der Waals surface area contributed by atoms with Crippen LogP contribution in [0.3, 0.4) is 0 Å². The van der Waals surface area contributed by atoms with E-state index >= 15 is 0 Å². The summed E-state index contributed by atoms with van der Waals surface area (Å²) >= 11 is 0. The third-order valence-corrected chi connectivity index (χ3v) is 21.5. The third kappa shape index (κ3) is 8.30. The smallest absolute Gasteiger partial charge is 0.149 e. The van der Waals surface area contributed by atoms with Crippen molar-refractivity contribution < 1.29 is 13.9 Å². The molecule has 0 atom stereocenters. The van der Waals surface area contributed by atoms with Gasteiger partial charge in [-0.1, -0.05) is 234 Å². The quantitative estimate of drug-likeness (QED) is 0.172. The Labute approximate surface area is 553 Å². The number of phenolic OH excluding ortho intramolecular Hbond substituents is 1. The molecule has 0 fully saturated rings. The summed E-state index contributed by atoms with van der Waals surface area (Å²) in [6.45, 7) is 25.6. The summed E-state index contributed by atoms with van der Waals surface area (Å²) in [6.07, 6.45) is 2.12. The number of aromatic nitrogens is 4. The first-order valence-electron chi connectivity index (χ1n) is 33.6.